The van der Waals surface area contributed by atoms with Gasteiger partial charge in [-0.25, -0.2) is 4.79 Å². The SMILES string of the molecule is O=C(O)c1ccccc1C(=O)N1CCC(CCO)C1. The van der Waals surface area contributed by atoms with Gasteiger partial charge in [0.05, 0.1) is 11.1 Å². The van der Waals surface area contributed by atoms with E-state index < -0.39 is 5.97 Å². The van der Waals surface area contributed by atoms with Gasteiger partial charge < -0.3 is 15.1 Å². The van der Waals surface area contributed by atoms with Gasteiger partial charge in [-0.1, -0.05) is 12.1 Å². The van der Waals surface area contributed by atoms with Crippen molar-refractivity contribution in [1.29, 1.82) is 0 Å². The first kappa shape index (κ1) is 13.5. The minimum Gasteiger partial charge on any atom is -0.478 e. The van der Waals surface area contributed by atoms with Crippen LogP contribution >= 0.6 is 0 Å². The molecule has 102 valence electrons. The van der Waals surface area contributed by atoms with Crippen molar-refractivity contribution in [3.05, 3.63) is 35.4 Å². The Balaban J connectivity index is 2.15. The molecule has 1 amide bonds. The maximum atomic E-state index is 12.3. The fraction of sp³-hybridized carbons (Fsp3) is 0.429. The number of carbonyl (C=O) groups is 2. The molecule has 2 rings (SSSR count). The Morgan fingerprint density at radius 1 is 1.26 bits per heavy atom. The van der Waals surface area contributed by atoms with Crippen LogP contribution < -0.4 is 0 Å². The van der Waals surface area contributed by atoms with Crippen LogP contribution in [0.4, 0.5) is 0 Å². The van der Waals surface area contributed by atoms with E-state index in [2.05, 4.69) is 0 Å². The molecule has 1 aromatic rings. The molecule has 19 heavy (non-hydrogen) atoms. The number of carbonyl (C=O) groups excluding carboxylic acids is 1. The fourth-order valence-electron chi connectivity index (χ4n) is 2.46. The molecule has 5 nitrogen and oxygen atoms in total. The number of benzene rings is 1. The van der Waals surface area contributed by atoms with E-state index in [9.17, 15) is 9.59 Å². The minimum absolute atomic E-state index is 0.0399. The van der Waals surface area contributed by atoms with Crippen LogP contribution in [-0.2, 0) is 0 Å². The first-order chi connectivity index (χ1) is 9.13. The molecule has 0 spiro atoms. The number of aromatic carboxylic acids is 1. The first-order valence-electron chi connectivity index (χ1n) is 6.36. The average Bonchev–Trinajstić information content (AvgIpc) is 2.87. The maximum Gasteiger partial charge on any atom is 0.336 e. The van der Waals surface area contributed by atoms with Crippen molar-refractivity contribution in [1.82, 2.24) is 4.90 Å². The van der Waals surface area contributed by atoms with E-state index in [1.165, 1.54) is 6.07 Å². The summed E-state index contributed by atoms with van der Waals surface area (Å²) in [5, 5.41) is 18.0. The van der Waals surface area contributed by atoms with Crippen molar-refractivity contribution in [2.75, 3.05) is 19.7 Å². The number of carboxylic acid groups (broad SMARTS) is 1. The minimum atomic E-state index is -1.09. The van der Waals surface area contributed by atoms with Gasteiger partial charge in [0.1, 0.15) is 0 Å². The molecule has 0 saturated carbocycles. The summed E-state index contributed by atoms with van der Waals surface area (Å²) in [7, 11) is 0. The molecule has 1 heterocycles. The Hall–Kier alpha value is -1.88. The lowest BCUT2D eigenvalue weighted by Gasteiger charge is -2.17. The molecule has 1 atom stereocenters. The number of rotatable bonds is 4. The Kier molecular flexibility index (Phi) is 4.16. The standard InChI is InChI=1S/C14H17NO4/c16-8-6-10-5-7-15(9-10)13(17)11-3-1-2-4-12(11)14(18)19/h1-4,10,16H,5-9H2,(H,18,19). The van der Waals surface area contributed by atoms with Crippen LogP contribution in [0.1, 0.15) is 33.6 Å². The number of nitrogens with zero attached hydrogens (tertiary/aromatic N) is 1. The summed E-state index contributed by atoms with van der Waals surface area (Å²) in [5.41, 5.74) is 0.276. The van der Waals surface area contributed by atoms with E-state index >= 15 is 0 Å². The van der Waals surface area contributed by atoms with Gasteiger partial charge in [-0.15, -0.1) is 0 Å². The van der Waals surface area contributed by atoms with E-state index in [1.54, 1.807) is 23.1 Å². The highest BCUT2D eigenvalue weighted by Gasteiger charge is 2.28. The fourth-order valence-corrected chi connectivity index (χ4v) is 2.46. The maximum absolute atomic E-state index is 12.3. The molecule has 1 saturated heterocycles. The molecule has 0 aromatic heterocycles. The van der Waals surface area contributed by atoms with Gasteiger partial charge in [0, 0.05) is 19.7 Å². The molecule has 0 bridgehead atoms. The zero-order valence-corrected chi connectivity index (χ0v) is 10.6. The quantitative estimate of drug-likeness (QED) is 0.856. The average molecular weight is 263 g/mol. The highest BCUT2D eigenvalue weighted by molar-refractivity contribution is 6.04. The van der Waals surface area contributed by atoms with E-state index in [0.29, 0.717) is 25.4 Å². The zero-order valence-electron chi connectivity index (χ0n) is 10.6. The van der Waals surface area contributed by atoms with Crippen molar-refractivity contribution >= 4 is 11.9 Å². The number of likely N-dealkylation sites (tertiary alicyclic amines) is 1. The van der Waals surface area contributed by atoms with Crippen molar-refractivity contribution in [3.63, 3.8) is 0 Å². The molecule has 2 N–H and O–H groups in total. The molecule has 1 aliphatic heterocycles. The Bertz CT molecular complexity index is 486. The summed E-state index contributed by atoms with van der Waals surface area (Å²) in [5.74, 6) is -1.01. The summed E-state index contributed by atoms with van der Waals surface area (Å²) >= 11 is 0. The first-order valence-corrected chi connectivity index (χ1v) is 6.36. The Morgan fingerprint density at radius 2 is 1.95 bits per heavy atom. The second kappa shape index (κ2) is 5.84. The molecule has 1 unspecified atom stereocenters. The van der Waals surface area contributed by atoms with E-state index in [4.69, 9.17) is 10.2 Å². The van der Waals surface area contributed by atoms with Gasteiger partial charge in [-0.2, -0.15) is 0 Å². The third kappa shape index (κ3) is 2.93. The predicted octanol–water partition coefficient (Wildman–Crippen LogP) is 1.23. The van der Waals surface area contributed by atoms with E-state index in [1.807, 2.05) is 0 Å². The smallest absolute Gasteiger partial charge is 0.336 e. The number of hydrogen-bond donors (Lipinski definition) is 2. The summed E-state index contributed by atoms with van der Waals surface area (Å²) in [6.45, 7) is 1.34. The number of hydrogen-bond acceptors (Lipinski definition) is 3. The van der Waals surface area contributed by atoms with E-state index in [0.717, 1.165) is 6.42 Å². The van der Waals surface area contributed by atoms with Crippen LogP contribution in [0.25, 0.3) is 0 Å². The Labute approximate surface area is 111 Å². The van der Waals surface area contributed by atoms with Crippen LogP contribution in [0.5, 0.6) is 0 Å². The molecule has 1 fully saturated rings. The molecule has 1 aliphatic rings. The van der Waals surface area contributed by atoms with Crippen molar-refractivity contribution in [3.8, 4) is 0 Å². The molecular formula is C14H17NO4. The number of aliphatic hydroxyl groups excluding tert-OH is 1. The summed E-state index contributed by atoms with van der Waals surface area (Å²) < 4.78 is 0. The number of amides is 1. The molecule has 1 aromatic carbocycles. The lowest BCUT2D eigenvalue weighted by atomic mass is 10.1. The van der Waals surface area contributed by atoms with Crippen molar-refractivity contribution in [2.45, 2.75) is 12.8 Å². The molecule has 0 radical (unpaired) electrons. The van der Waals surface area contributed by atoms with Gasteiger partial charge in [-0.3, -0.25) is 4.79 Å². The van der Waals surface area contributed by atoms with Gasteiger partial charge in [-0.05, 0) is 30.9 Å². The monoisotopic (exact) mass is 263 g/mol. The van der Waals surface area contributed by atoms with Crippen LogP contribution in [0, 0.1) is 5.92 Å². The van der Waals surface area contributed by atoms with Crippen molar-refractivity contribution < 1.29 is 19.8 Å². The molecular weight excluding hydrogens is 246 g/mol. The topological polar surface area (TPSA) is 77.8 Å². The van der Waals surface area contributed by atoms with Crippen LogP contribution in [0.2, 0.25) is 0 Å². The largest absolute Gasteiger partial charge is 0.478 e. The molecule has 5 heteroatoms. The van der Waals surface area contributed by atoms with Crippen LogP contribution in [-0.4, -0.2) is 46.7 Å². The van der Waals surface area contributed by atoms with Gasteiger partial charge in [0.25, 0.3) is 5.91 Å². The molecule has 0 aliphatic carbocycles. The van der Waals surface area contributed by atoms with Crippen molar-refractivity contribution in [2.24, 2.45) is 5.92 Å². The van der Waals surface area contributed by atoms with Gasteiger partial charge in [0.15, 0.2) is 0 Å². The summed E-state index contributed by atoms with van der Waals surface area (Å²) in [6.07, 6.45) is 1.55. The van der Waals surface area contributed by atoms with Gasteiger partial charge in [0.2, 0.25) is 0 Å². The lowest BCUT2D eigenvalue weighted by Crippen LogP contribution is -2.30. The summed E-state index contributed by atoms with van der Waals surface area (Å²) in [6, 6.07) is 6.27. The normalized spacial score (nSPS) is 18.6. The van der Waals surface area contributed by atoms with Crippen LogP contribution in [0.3, 0.4) is 0 Å². The Morgan fingerprint density at radius 3 is 2.58 bits per heavy atom. The second-order valence-corrected chi connectivity index (χ2v) is 4.77. The third-order valence-corrected chi connectivity index (χ3v) is 3.50. The highest BCUT2D eigenvalue weighted by Crippen LogP contribution is 2.22. The van der Waals surface area contributed by atoms with Crippen LogP contribution in [0.15, 0.2) is 24.3 Å². The predicted molar refractivity (Wildman–Crippen MR) is 69.1 cm³/mol. The van der Waals surface area contributed by atoms with Gasteiger partial charge >= 0.3 is 5.97 Å². The second-order valence-electron chi connectivity index (χ2n) is 4.77. The van der Waals surface area contributed by atoms with E-state index in [-0.39, 0.29) is 23.6 Å². The third-order valence-electron chi connectivity index (χ3n) is 3.50. The lowest BCUT2D eigenvalue weighted by molar-refractivity contribution is 0.0680. The number of aliphatic hydroxyl groups is 1. The highest BCUT2D eigenvalue weighted by atomic mass is 16.4. The summed E-state index contributed by atoms with van der Waals surface area (Å²) in [4.78, 5) is 25.1. The number of carboxylic acids is 1. The zero-order chi connectivity index (χ0) is 13.8.